The standard InChI is InChI=1S/C25H25NO6S/c1-15(28)31-21-9-8-19(25(32-16(2)29)20(21)13-24(26)30)23-11-10-22(33-23)18(14-27)12-17-6-4-3-5-7-17/h3-11,18,27H,12-14H2,1-2H3,(H2,26,30). The van der Waals surface area contributed by atoms with Crippen molar-refractivity contribution in [3.8, 4) is 21.9 Å². The van der Waals surface area contributed by atoms with Crippen LogP contribution in [0.2, 0.25) is 0 Å². The maximum atomic E-state index is 11.9. The summed E-state index contributed by atoms with van der Waals surface area (Å²) < 4.78 is 10.7. The highest BCUT2D eigenvalue weighted by Gasteiger charge is 2.23. The molecule has 2 aromatic carbocycles. The van der Waals surface area contributed by atoms with E-state index in [1.165, 1.54) is 25.2 Å². The van der Waals surface area contributed by atoms with Gasteiger partial charge in [0.1, 0.15) is 11.5 Å². The second-order valence-corrected chi connectivity index (χ2v) is 8.64. The van der Waals surface area contributed by atoms with Gasteiger partial charge in [-0.15, -0.1) is 11.3 Å². The molecule has 0 saturated carbocycles. The molecule has 0 fully saturated rings. The summed E-state index contributed by atoms with van der Waals surface area (Å²) in [4.78, 5) is 36.8. The molecule has 0 aliphatic carbocycles. The van der Waals surface area contributed by atoms with E-state index in [1.54, 1.807) is 12.1 Å². The van der Waals surface area contributed by atoms with Crippen LogP contribution in [0.5, 0.6) is 11.5 Å². The first-order chi connectivity index (χ1) is 15.8. The van der Waals surface area contributed by atoms with Crippen LogP contribution in [0.3, 0.4) is 0 Å². The molecule has 1 unspecified atom stereocenters. The van der Waals surface area contributed by atoms with Crippen LogP contribution in [0, 0.1) is 0 Å². The molecule has 1 atom stereocenters. The van der Waals surface area contributed by atoms with E-state index in [2.05, 4.69) is 0 Å². The van der Waals surface area contributed by atoms with E-state index in [1.807, 2.05) is 42.5 Å². The number of carbonyl (C=O) groups is 3. The van der Waals surface area contributed by atoms with Gasteiger partial charge in [0.2, 0.25) is 5.91 Å². The average molecular weight is 468 g/mol. The van der Waals surface area contributed by atoms with Crippen molar-refractivity contribution in [3.05, 3.63) is 70.6 Å². The molecule has 0 aliphatic heterocycles. The van der Waals surface area contributed by atoms with Gasteiger partial charge in [0, 0.05) is 40.6 Å². The number of benzene rings is 2. The highest BCUT2D eigenvalue weighted by molar-refractivity contribution is 7.15. The molecule has 8 heteroatoms. The molecule has 0 spiro atoms. The summed E-state index contributed by atoms with van der Waals surface area (Å²) in [6, 6.07) is 16.9. The zero-order chi connectivity index (χ0) is 24.0. The molecule has 3 aromatic rings. The lowest BCUT2D eigenvalue weighted by Crippen LogP contribution is -2.17. The van der Waals surface area contributed by atoms with Crippen molar-refractivity contribution in [1.82, 2.24) is 0 Å². The number of carbonyl (C=O) groups excluding carboxylic acids is 3. The fraction of sp³-hybridized carbons (Fsp3) is 0.240. The number of esters is 2. The minimum Gasteiger partial charge on any atom is -0.426 e. The lowest BCUT2D eigenvalue weighted by atomic mass is 9.98. The molecule has 7 nitrogen and oxygen atoms in total. The molecule has 0 bridgehead atoms. The third kappa shape index (κ3) is 6.27. The predicted molar refractivity (Wildman–Crippen MR) is 125 cm³/mol. The van der Waals surface area contributed by atoms with E-state index in [9.17, 15) is 19.5 Å². The minimum atomic E-state index is -0.663. The van der Waals surface area contributed by atoms with Crippen LogP contribution < -0.4 is 15.2 Å². The van der Waals surface area contributed by atoms with E-state index < -0.39 is 17.8 Å². The first-order valence-electron chi connectivity index (χ1n) is 10.3. The van der Waals surface area contributed by atoms with Crippen LogP contribution in [0.1, 0.15) is 35.8 Å². The van der Waals surface area contributed by atoms with Crippen molar-refractivity contribution >= 4 is 29.2 Å². The Bertz CT molecular complexity index is 1150. The number of thiophene rings is 1. The second-order valence-electron chi connectivity index (χ2n) is 7.52. The fourth-order valence-corrected chi connectivity index (χ4v) is 4.65. The summed E-state index contributed by atoms with van der Waals surface area (Å²) in [5.74, 6) is -1.70. The van der Waals surface area contributed by atoms with Gasteiger partial charge in [-0.1, -0.05) is 30.3 Å². The summed E-state index contributed by atoms with van der Waals surface area (Å²) in [7, 11) is 0. The second kappa shape index (κ2) is 10.9. The zero-order valence-corrected chi connectivity index (χ0v) is 19.2. The number of ether oxygens (including phenoxy) is 2. The number of amides is 1. The Balaban J connectivity index is 2.04. The van der Waals surface area contributed by atoms with Crippen LogP contribution in [-0.4, -0.2) is 29.6 Å². The number of aliphatic hydroxyl groups is 1. The average Bonchev–Trinajstić information content (AvgIpc) is 3.24. The molecule has 172 valence electrons. The summed E-state index contributed by atoms with van der Waals surface area (Å²) >= 11 is 1.45. The number of aliphatic hydroxyl groups excluding tert-OH is 1. The summed E-state index contributed by atoms with van der Waals surface area (Å²) in [6.45, 7) is 2.46. The van der Waals surface area contributed by atoms with Gasteiger partial charge in [-0.25, -0.2) is 0 Å². The smallest absolute Gasteiger partial charge is 0.308 e. The molecule has 3 rings (SSSR count). The number of nitrogens with two attached hydrogens (primary N) is 1. The van der Waals surface area contributed by atoms with Crippen LogP contribution in [0.15, 0.2) is 54.6 Å². The van der Waals surface area contributed by atoms with E-state index in [-0.39, 0.29) is 36.0 Å². The van der Waals surface area contributed by atoms with Gasteiger partial charge in [-0.05, 0) is 36.2 Å². The van der Waals surface area contributed by atoms with Crippen LogP contribution in [0.25, 0.3) is 10.4 Å². The summed E-state index contributed by atoms with van der Waals surface area (Å²) in [5.41, 5.74) is 7.30. The molecule has 1 heterocycles. The van der Waals surface area contributed by atoms with Gasteiger partial charge in [0.25, 0.3) is 0 Å². The number of hydrogen-bond acceptors (Lipinski definition) is 7. The molecule has 1 amide bonds. The first kappa shape index (κ1) is 24.2. The van der Waals surface area contributed by atoms with Gasteiger partial charge in [-0.3, -0.25) is 14.4 Å². The van der Waals surface area contributed by atoms with Gasteiger partial charge in [0.15, 0.2) is 0 Å². The molecule has 3 N–H and O–H groups in total. The van der Waals surface area contributed by atoms with E-state index in [0.29, 0.717) is 12.0 Å². The van der Waals surface area contributed by atoms with Crippen molar-refractivity contribution in [2.24, 2.45) is 5.73 Å². The van der Waals surface area contributed by atoms with E-state index >= 15 is 0 Å². The molecular weight excluding hydrogens is 442 g/mol. The fourth-order valence-electron chi connectivity index (χ4n) is 3.53. The van der Waals surface area contributed by atoms with Crippen molar-refractivity contribution in [1.29, 1.82) is 0 Å². The Labute approximate surface area is 195 Å². The molecule has 33 heavy (non-hydrogen) atoms. The Morgan fingerprint density at radius 2 is 1.67 bits per heavy atom. The van der Waals surface area contributed by atoms with Crippen molar-refractivity contribution in [2.75, 3.05) is 6.61 Å². The van der Waals surface area contributed by atoms with Crippen molar-refractivity contribution in [2.45, 2.75) is 32.6 Å². The SMILES string of the molecule is CC(=O)Oc1ccc(-c2ccc(C(CO)Cc3ccccc3)s2)c(OC(C)=O)c1CC(N)=O. The van der Waals surface area contributed by atoms with Gasteiger partial charge in [0.05, 0.1) is 13.0 Å². The van der Waals surface area contributed by atoms with Crippen LogP contribution in [0.4, 0.5) is 0 Å². The third-order valence-electron chi connectivity index (χ3n) is 4.91. The maximum absolute atomic E-state index is 11.9. The van der Waals surface area contributed by atoms with E-state index in [0.717, 1.165) is 15.3 Å². The van der Waals surface area contributed by atoms with Gasteiger partial charge in [-0.2, -0.15) is 0 Å². The lowest BCUT2D eigenvalue weighted by molar-refractivity contribution is -0.132. The molecular formula is C25H25NO6S. The predicted octanol–water partition coefficient (Wildman–Crippen LogP) is 3.61. The molecule has 1 aromatic heterocycles. The van der Waals surface area contributed by atoms with Crippen molar-refractivity contribution in [3.63, 3.8) is 0 Å². The number of primary amides is 1. The molecule has 0 aliphatic rings. The summed E-state index contributed by atoms with van der Waals surface area (Å²) in [6.07, 6.45) is 0.400. The van der Waals surface area contributed by atoms with Gasteiger partial charge < -0.3 is 20.3 Å². The molecule has 0 saturated heterocycles. The Morgan fingerprint density at radius 3 is 2.27 bits per heavy atom. The Hall–Kier alpha value is -3.49. The van der Waals surface area contributed by atoms with Crippen LogP contribution >= 0.6 is 11.3 Å². The largest absolute Gasteiger partial charge is 0.426 e. The van der Waals surface area contributed by atoms with E-state index in [4.69, 9.17) is 15.2 Å². The Morgan fingerprint density at radius 1 is 0.970 bits per heavy atom. The topological polar surface area (TPSA) is 116 Å². The van der Waals surface area contributed by atoms with Crippen LogP contribution in [-0.2, 0) is 27.2 Å². The normalized spacial score (nSPS) is 11.6. The zero-order valence-electron chi connectivity index (χ0n) is 18.4. The minimum absolute atomic E-state index is 0.0238. The highest BCUT2D eigenvalue weighted by atomic mass is 32.1. The quantitative estimate of drug-likeness (QED) is 0.367. The monoisotopic (exact) mass is 467 g/mol. The maximum Gasteiger partial charge on any atom is 0.308 e. The van der Waals surface area contributed by atoms with Crippen molar-refractivity contribution < 1.29 is 29.0 Å². The lowest BCUT2D eigenvalue weighted by Gasteiger charge is -2.16. The molecule has 0 radical (unpaired) electrons. The number of hydrogen-bond donors (Lipinski definition) is 2. The number of rotatable bonds is 9. The first-order valence-corrected chi connectivity index (χ1v) is 11.2. The summed E-state index contributed by atoms with van der Waals surface area (Å²) in [5, 5.41) is 10.00. The van der Waals surface area contributed by atoms with Gasteiger partial charge >= 0.3 is 11.9 Å². The third-order valence-corrected chi connectivity index (χ3v) is 6.19. The highest BCUT2D eigenvalue weighted by Crippen LogP contribution is 2.43. The Kier molecular flexibility index (Phi) is 7.97.